The molecule has 4 aromatic rings. The zero-order valence-electron chi connectivity index (χ0n) is 19.3. The Morgan fingerprint density at radius 3 is 2.32 bits per heavy atom. The fraction of sp³-hybridized carbons (Fsp3) is 0. The zero-order valence-corrected chi connectivity index (χ0v) is 20.0. The molecule has 0 spiro atoms. The minimum Gasteiger partial charge on any atom is -0.459 e. The molecule has 1 heterocycles. The number of hydrogen-bond acceptors (Lipinski definition) is 8. The molecule has 3 aromatic carbocycles. The number of rotatable bonds is 8. The van der Waals surface area contributed by atoms with Crippen LogP contribution < -0.4 is 15.5 Å². The van der Waals surface area contributed by atoms with Crippen molar-refractivity contribution >= 4 is 47.0 Å². The van der Waals surface area contributed by atoms with E-state index < -0.39 is 22.7 Å². The predicted octanol–water partition coefficient (Wildman–Crippen LogP) is 5.08. The number of carbonyl (C=O) groups is 3. The quantitative estimate of drug-likeness (QED) is 0.105. The van der Waals surface area contributed by atoms with E-state index in [9.17, 15) is 24.5 Å². The highest BCUT2D eigenvalue weighted by atomic mass is 35.5. The number of nitro benzene ring substituents is 1. The summed E-state index contributed by atoms with van der Waals surface area (Å²) in [6, 6.07) is 18.6. The molecule has 2 amide bonds. The van der Waals surface area contributed by atoms with Crippen LogP contribution in [0.25, 0.3) is 0 Å². The first-order valence-corrected chi connectivity index (χ1v) is 11.2. The Hall–Kier alpha value is -5.29. The number of non-ortho nitro benzene ring substituents is 1. The molecule has 4 rings (SSSR count). The van der Waals surface area contributed by atoms with Gasteiger partial charge in [0.1, 0.15) is 5.75 Å². The second-order valence-electron chi connectivity index (χ2n) is 7.58. The van der Waals surface area contributed by atoms with Crippen LogP contribution in [0.3, 0.4) is 0 Å². The highest BCUT2D eigenvalue weighted by Gasteiger charge is 2.15. The molecule has 190 valence electrons. The van der Waals surface area contributed by atoms with Gasteiger partial charge in [0.05, 0.1) is 23.0 Å². The topological polar surface area (TPSA) is 153 Å². The van der Waals surface area contributed by atoms with E-state index >= 15 is 0 Å². The van der Waals surface area contributed by atoms with Gasteiger partial charge in [0, 0.05) is 34.0 Å². The molecule has 0 saturated carbocycles. The normalized spacial score (nSPS) is 10.7. The lowest BCUT2D eigenvalue weighted by molar-refractivity contribution is -0.384. The van der Waals surface area contributed by atoms with Crippen LogP contribution in [0.1, 0.15) is 36.8 Å². The average molecular weight is 533 g/mol. The highest BCUT2D eigenvalue weighted by molar-refractivity contribution is 6.30. The third kappa shape index (κ3) is 6.47. The van der Waals surface area contributed by atoms with E-state index in [-0.39, 0.29) is 33.9 Å². The Morgan fingerprint density at radius 1 is 0.947 bits per heavy atom. The molecule has 0 radical (unpaired) electrons. The second-order valence-corrected chi connectivity index (χ2v) is 8.02. The molecule has 0 aliphatic carbocycles. The molecule has 0 atom stereocenters. The number of nitrogens with zero attached hydrogens (tertiary/aromatic N) is 2. The van der Waals surface area contributed by atoms with Crippen molar-refractivity contribution in [1.82, 2.24) is 5.43 Å². The van der Waals surface area contributed by atoms with Crippen molar-refractivity contribution in [2.24, 2.45) is 5.10 Å². The third-order valence-corrected chi connectivity index (χ3v) is 5.26. The van der Waals surface area contributed by atoms with Gasteiger partial charge < -0.3 is 14.5 Å². The van der Waals surface area contributed by atoms with Crippen LogP contribution in [0.2, 0.25) is 5.02 Å². The summed E-state index contributed by atoms with van der Waals surface area (Å²) >= 11 is 5.83. The van der Waals surface area contributed by atoms with E-state index in [1.54, 1.807) is 6.07 Å². The van der Waals surface area contributed by atoms with E-state index in [4.69, 9.17) is 20.8 Å². The summed E-state index contributed by atoms with van der Waals surface area (Å²) in [5.74, 6) is -1.62. The van der Waals surface area contributed by atoms with Gasteiger partial charge in [0.25, 0.3) is 17.5 Å². The maximum absolute atomic E-state index is 12.5. The number of benzene rings is 3. The summed E-state index contributed by atoms with van der Waals surface area (Å²) in [7, 11) is 0. The fourth-order valence-electron chi connectivity index (χ4n) is 3.12. The highest BCUT2D eigenvalue weighted by Crippen LogP contribution is 2.24. The number of amides is 2. The van der Waals surface area contributed by atoms with E-state index in [1.807, 2.05) is 0 Å². The predicted molar refractivity (Wildman–Crippen MR) is 138 cm³/mol. The smallest absolute Gasteiger partial charge is 0.343 e. The van der Waals surface area contributed by atoms with E-state index in [2.05, 4.69) is 15.8 Å². The second kappa shape index (κ2) is 11.6. The van der Waals surface area contributed by atoms with Gasteiger partial charge in [-0.3, -0.25) is 19.7 Å². The Labute approximate surface area is 219 Å². The van der Waals surface area contributed by atoms with Gasteiger partial charge in [0.15, 0.2) is 5.76 Å². The molecule has 0 bridgehead atoms. The fourth-order valence-corrected chi connectivity index (χ4v) is 3.24. The maximum atomic E-state index is 12.5. The molecule has 11 nitrogen and oxygen atoms in total. The first-order chi connectivity index (χ1) is 18.3. The molecule has 0 fully saturated rings. The van der Waals surface area contributed by atoms with Crippen LogP contribution in [-0.2, 0) is 0 Å². The lowest BCUT2D eigenvalue weighted by atomic mass is 10.2. The summed E-state index contributed by atoms with van der Waals surface area (Å²) in [6.07, 6.45) is 2.50. The minimum absolute atomic E-state index is 0.00907. The van der Waals surface area contributed by atoms with Gasteiger partial charge in [-0.1, -0.05) is 11.6 Å². The SMILES string of the molecule is O=C(N/N=C/c1cc([N+](=O)[O-])ccc1OC(=O)c1ccc(Cl)cc1)c1ccc(NC(=O)c2ccco2)cc1. The van der Waals surface area contributed by atoms with Crippen LogP contribution >= 0.6 is 11.6 Å². The van der Waals surface area contributed by atoms with Crippen molar-refractivity contribution in [3.05, 3.63) is 123 Å². The third-order valence-electron chi connectivity index (χ3n) is 5.01. The number of nitro groups is 1. The van der Waals surface area contributed by atoms with Crippen LogP contribution in [-0.4, -0.2) is 28.9 Å². The number of anilines is 1. The van der Waals surface area contributed by atoms with Crippen molar-refractivity contribution in [2.45, 2.75) is 0 Å². The average Bonchev–Trinajstić information content (AvgIpc) is 3.45. The lowest BCUT2D eigenvalue weighted by Crippen LogP contribution is -2.18. The molecule has 12 heteroatoms. The monoisotopic (exact) mass is 532 g/mol. The standard InChI is InChI=1S/C26H17ClN4O7/c27-19-7-3-17(4-8-19)26(34)38-22-12-11-21(31(35)36)14-18(22)15-28-30-24(32)16-5-9-20(10-6-16)29-25(33)23-2-1-13-37-23/h1-15H,(H,29,33)(H,30,32)/b28-15+. The number of esters is 1. The molecular weight excluding hydrogens is 516 g/mol. The van der Waals surface area contributed by atoms with Crippen LogP contribution in [0.5, 0.6) is 5.75 Å². The molecule has 1 aromatic heterocycles. The van der Waals surface area contributed by atoms with Crippen molar-refractivity contribution in [1.29, 1.82) is 0 Å². The van der Waals surface area contributed by atoms with Gasteiger partial charge in [-0.25, -0.2) is 10.2 Å². The van der Waals surface area contributed by atoms with Gasteiger partial charge >= 0.3 is 5.97 Å². The summed E-state index contributed by atoms with van der Waals surface area (Å²) in [4.78, 5) is 47.6. The first kappa shape index (κ1) is 25.8. The van der Waals surface area contributed by atoms with E-state index in [0.717, 1.165) is 12.3 Å². The molecule has 0 unspecified atom stereocenters. The Morgan fingerprint density at radius 2 is 1.66 bits per heavy atom. The van der Waals surface area contributed by atoms with Crippen molar-refractivity contribution < 1.29 is 28.5 Å². The molecule has 0 saturated heterocycles. The Bertz CT molecular complexity index is 1520. The summed E-state index contributed by atoms with van der Waals surface area (Å²) in [6.45, 7) is 0. The number of carbonyl (C=O) groups excluding carboxylic acids is 3. The van der Waals surface area contributed by atoms with Crippen LogP contribution in [0.4, 0.5) is 11.4 Å². The number of hydrogen-bond donors (Lipinski definition) is 2. The van der Waals surface area contributed by atoms with Gasteiger partial charge in [-0.2, -0.15) is 5.10 Å². The lowest BCUT2D eigenvalue weighted by Gasteiger charge is -2.08. The summed E-state index contributed by atoms with van der Waals surface area (Å²) < 4.78 is 10.4. The molecule has 0 aliphatic heterocycles. The maximum Gasteiger partial charge on any atom is 0.343 e. The molecule has 2 N–H and O–H groups in total. The van der Waals surface area contributed by atoms with Gasteiger partial charge in [0.2, 0.25) is 0 Å². The zero-order chi connectivity index (χ0) is 27.1. The molecule has 0 aliphatic rings. The van der Waals surface area contributed by atoms with Gasteiger partial charge in [-0.05, 0) is 66.7 Å². The van der Waals surface area contributed by atoms with Crippen LogP contribution in [0.15, 0.2) is 94.6 Å². The number of halogens is 1. The minimum atomic E-state index is -0.714. The first-order valence-electron chi connectivity index (χ1n) is 10.8. The van der Waals surface area contributed by atoms with Crippen LogP contribution in [0, 0.1) is 10.1 Å². The summed E-state index contributed by atoms with van der Waals surface area (Å²) in [5.41, 5.74) is 3.00. The van der Waals surface area contributed by atoms with Gasteiger partial charge in [-0.15, -0.1) is 0 Å². The Kier molecular flexibility index (Phi) is 7.89. The van der Waals surface area contributed by atoms with Crippen molar-refractivity contribution in [3.8, 4) is 5.75 Å². The number of ether oxygens (including phenoxy) is 1. The van der Waals surface area contributed by atoms with E-state index in [1.165, 1.54) is 73.0 Å². The Balaban J connectivity index is 1.44. The largest absolute Gasteiger partial charge is 0.459 e. The molecule has 38 heavy (non-hydrogen) atoms. The number of furan rings is 1. The summed E-state index contributed by atoms with van der Waals surface area (Å²) in [5, 5.41) is 18.1. The van der Waals surface area contributed by atoms with Crippen molar-refractivity contribution in [2.75, 3.05) is 5.32 Å². The number of nitrogens with one attached hydrogen (secondary N) is 2. The molecular formula is C26H17ClN4O7. The number of hydrazone groups is 1. The van der Waals surface area contributed by atoms with E-state index in [0.29, 0.717) is 10.7 Å². The van der Waals surface area contributed by atoms with Crippen molar-refractivity contribution in [3.63, 3.8) is 0 Å².